The summed E-state index contributed by atoms with van der Waals surface area (Å²) in [7, 11) is 0. The van der Waals surface area contributed by atoms with E-state index < -0.39 is 0 Å². The molecule has 0 aliphatic rings. The highest BCUT2D eigenvalue weighted by atomic mass is 15.3. The second-order valence-corrected chi connectivity index (χ2v) is 6.16. The standard InChI is InChI=1S/C17H17N5/c1-17(2,3)22-11-12(10-19-22)8-13(9-18)16-20-14-6-4-5-7-15(14)21-16/h4-8,10-11H,1-3H3,(H,20,21)/b13-8+. The number of nitriles is 1. The van der Waals surface area contributed by atoms with Crippen molar-refractivity contribution in [3.63, 3.8) is 0 Å². The average molecular weight is 291 g/mol. The lowest BCUT2D eigenvalue weighted by Gasteiger charge is -2.18. The molecule has 2 aromatic heterocycles. The Bertz CT molecular complexity index is 851. The van der Waals surface area contributed by atoms with Crippen LogP contribution in [0.5, 0.6) is 0 Å². The van der Waals surface area contributed by atoms with Crippen LogP contribution in [0.4, 0.5) is 0 Å². The smallest absolute Gasteiger partial charge is 0.149 e. The van der Waals surface area contributed by atoms with Gasteiger partial charge in [-0.25, -0.2) is 4.98 Å². The quantitative estimate of drug-likeness (QED) is 0.734. The van der Waals surface area contributed by atoms with Gasteiger partial charge in [-0.3, -0.25) is 4.68 Å². The molecule has 0 aliphatic carbocycles. The van der Waals surface area contributed by atoms with E-state index in [0.29, 0.717) is 11.4 Å². The number of allylic oxidation sites excluding steroid dienone is 1. The zero-order valence-corrected chi connectivity index (χ0v) is 12.8. The first-order valence-electron chi connectivity index (χ1n) is 7.09. The van der Waals surface area contributed by atoms with Crippen molar-refractivity contribution >= 4 is 22.7 Å². The molecule has 110 valence electrons. The summed E-state index contributed by atoms with van der Waals surface area (Å²) in [5.74, 6) is 0.576. The minimum atomic E-state index is -0.0851. The highest BCUT2D eigenvalue weighted by Gasteiger charge is 2.14. The normalized spacial score (nSPS) is 12.5. The highest BCUT2D eigenvalue weighted by Crippen LogP contribution is 2.20. The third-order valence-electron chi connectivity index (χ3n) is 3.37. The Kier molecular flexibility index (Phi) is 3.30. The number of aromatic amines is 1. The van der Waals surface area contributed by atoms with Crippen molar-refractivity contribution in [2.75, 3.05) is 0 Å². The molecule has 5 heteroatoms. The number of nitrogens with one attached hydrogen (secondary N) is 1. The molecule has 0 saturated heterocycles. The number of fused-ring (bicyclic) bond motifs is 1. The molecule has 3 aromatic rings. The lowest BCUT2D eigenvalue weighted by atomic mass is 10.1. The van der Waals surface area contributed by atoms with Crippen LogP contribution in [0.1, 0.15) is 32.2 Å². The lowest BCUT2D eigenvalue weighted by molar-refractivity contribution is 0.355. The maximum absolute atomic E-state index is 9.43. The molecule has 0 atom stereocenters. The third kappa shape index (κ3) is 2.63. The summed E-state index contributed by atoms with van der Waals surface area (Å²) in [6.07, 6.45) is 5.48. The van der Waals surface area contributed by atoms with Crippen LogP contribution >= 0.6 is 0 Å². The van der Waals surface area contributed by atoms with Crippen LogP contribution in [-0.2, 0) is 5.54 Å². The Morgan fingerprint density at radius 2 is 2.09 bits per heavy atom. The van der Waals surface area contributed by atoms with Crippen LogP contribution in [0.2, 0.25) is 0 Å². The van der Waals surface area contributed by atoms with Gasteiger partial charge in [0.1, 0.15) is 11.9 Å². The van der Waals surface area contributed by atoms with E-state index in [9.17, 15) is 5.26 Å². The summed E-state index contributed by atoms with van der Waals surface area (Å²) >= 11 is 0. The summed E-state index contributed by atoms with van der Waals surface area (Å²) in [6.45, 7) is 6.24. The Balaban J connectivity index is 2.00. The van der Waals surface area contributed by atoms with Gasteiger partial charge in [-0.1, -0.05) is 12.1 Å². The number of aromatic nitrogens is 4. The molecule has 0 bridgehead atoms. The monoisotopic (exact) mass is 291 g/mol. The second kappa shape index (κ2) is 5.15. The van der Waals surface area contributed by atoms with E-state index in [4.69, 9.17) is 0 Å². The number of para-hydroxylation sites is 2. The van der Waals surface area contributed by atoms with Crippen LogP contribution in [0.3, 0.4) is 0 Å². The van der Waals surface area contributed by atoms with E-state index in [1.165, 1.54) is 0 Å². The Labute approximate surface area is 128 Å². The van der Waals surface area contributed by atoms with Gasteiger partial charge in [-0.2, -0.15) is 10.4 Å². The SMILES string of the molecule is CC(C)(C)n1cc(/C=C(\C#N)c2nc3ccccc3[nH]2)cn1. The molecule has 0 amide bonds. The Hall–Kier alpha value is -2.87. The maximum Gasteiger partial charge on any atom is 0.149 e. The number of benzene rings is 1. The van der Waals surface area contributed by atoms with E-state index in [1.807, 2.05) is 35.1 Å². The van der Waals surface area contributed by atoms with Crippen LogP contribution in [0.25, 0.3) is 22.7 Å². The predicted octanol–water partition coefficient (Wildman–Crippen LogP) is 3.58. The number of hydrogen-bond donors (Lipinski definition) is 1. The molecule has 22 heavy (non-hydrogen) atoms. The van der Waals surface area contributed by atoms with E-state index in [0.717, 1.165) is 16.6 Å². The number of imidazole rings is 1. The molecule has 0 spiro atoms. The van der Waals surface area contributed by atoms with Crippen molar-refractivity contribution < 1.29 is 0 Å². The van der Waals surface area contributed by atoms with Gasteiger partial charge in [0.15, 0.2) is 0 Å². The number of H-pyrrole nitrogens is 1. The molecule has 0 unspecified atom stereocenters. The molecule has 1 aromatic carbocycles. The number of hydrogen-bond acceptors (Lipinski definition) is 3. The maximum atomic E-state index is 9.43. The van der Waals surface area contributed by atoms with Crippen molar-refractivity contribution in [3.05, 3.63) is 48.0 Å². The van der Waals surface area contributed by atoms with Crippen molar-refractivity contribution in [2.24, 2.45) is 0 Å². The topological polar surface area (TPSA) is 70.3 Å². The Morgan fingerprint density at radius 1 is 1.32 bits per heavy atom. The fraction of sp³-hybridized carbons (Fsp3) is 0.235. The summed E-state index contributed by atoms with van der Waals surface area (Å²) < 4.78 is 1.88. The molecular weight excluding hydrogens is 274 g/mol. The number of nitrogens with zero attached hydrogens (tertiary/aromatic N) is 4. The van der Waals surface area contributed by atoms with Gasteiger partial charge in [0.2, 0.25) is 0 Å². The summed E-state index contributed by atoms with van der Waals surface area (Å²) in [4.78, 5) is 7.64. The molecule has 0 fully saturated rings. The molecule has 2 heterocycles. The van der Waals surface area contributed by atoms with Gasteiger partial charge in [0.05, 0.1) is 28.3 Å². The van der Waals surface area contributed by atoms with Gasteiger partial charge in [-0.15, -0.1) is 0 Å². The molecule has 3 rings (SSSR count). The zero-order valence-electron chi connectivity index (χ0n) is 12.8. The van der Waals surface area contributed by atoms with Crippen molar-refractivity contribution in [1.29, 1.82) is 5.26 Å². The summed E-state index contributed by atoms with van der Waals surface area (Å²) in [5, 5.41) is 13.8. The van der Waals surface area contributed by atoms with E-state index in [-0.39, 0.29) is 5.54 Å². The minimum absolute atomic E-state index is 0.0851. The largest absolute Gasteiger partial charge is 0.337 e. The fourth-order valence-corrected chi connectivity index (χ4v) is 2.18. The molecule has 0 saturated carbocycles. The van der Waals surface area contributed by atoms with E-state index in [1.54, 1.807) is 12.3 Å². The van der Waals surface area contributed by atoms with Crippen LogP contribution in [-0.4, -0.2) is 19.7 Å². The first-order valence-corrected chi connectivity index (χ1v) is 7.09. The highest BCUT2D eigenvalue weighted by molar-refractivity contribution is 5.90. The van der Waals surface area contributed by atoms with Crippen molar-refractivity contribution in [3.8, 4) is 6.07 Å². The molecule has 5 nitrogen and oxygen atoms in total. The van der Waals surface area contributed by atoms with E-state index in [2.05, 4.69) is 41.9 Å². The van der Waals surface area contributed by atoms with Gasteiger partial charge < -0.3 is 4.98 Å². The third-order valence-corrected chi connectivity index (χ3v) is 3.37. The summed E-state index contributed by atoms with van der Waals surface area (Å²) in [5.41, 5.74) is 3.06. The van der Waals surface area contributed by atoms with Gasteiger partial charge >= 0.3 is 0 Å². The molecule has 1 N–H and O–H groups in total. The lowest BCUT2D eigenvalue weighted by Crippen LogP contribution is -2.21. The van der Waals surface area contributed by atoms with Gasteiger partial charge in [-0.05, 0) is 39.0 Å². The zero-order chi connectivity index (χ0) is 15.7. The van der Waals surface area contributed by atoms with Gasteiger partial charge in [0.25, 0.3) is 0 Å². The van der Waals surface area contributed by atoms with Gasteiger partial charge in [0, 0.05) is 11.8 Å². The predicted molar refractivity (Wildman–Crippen MR) is 86.8 cm³/mol. The Morgan fingerprint density at radius 3 is 2.73 bits per heavy atom. The van der Waals surface area contributed by atoms with Crippen molar-refractivity contribution in [2.45, 2.75) is 26.3 Å². The van der Waals surface area contributed by atoms with Crippen LogP contribution in [0, 0.1) is 11.3 Å². The second-order valence-electron chi connectivity index (χ2n) is 6.16. The molecule has 0 radical (unpaired) electrons. The first-order chi connectivity index (χ1) is 10.5. The fourth-order valence-electron chi connectivity index (χ4n) is 2.18. The molecule has 0 aliphatic heterocycles. The average Bonchev–Trinajstić information content (AvgIpc) is 3.10. The molecular formula is C17H17N5. The van der Waals surface area contributed by atoms with Crippen LogP contribution in [0.15, 0.2) is 36.7 Å². The van der Waals surface area contributed by atoms with Crippen molar-refractivity contribution in [1.82, 2.24) is 19.7 Å². The van der Waals surface area contributed by atoms with E-state index >= 15 is 0 Å². The van der Waals surface area contributed by atoms with Crippen LogP contribution < -0.4 is 0 Å². The minimum Gasteiger partial charge on any atom is -0.337 e. The number of rotatable bonds is 2. The summed E-state index contributed by atoms with van der Waals surface area (Å²) in [6, 6.07) is 9.93. The first kappa shape index (κ1) is 14.1.